The average Bonchev–Trinajstić information content (AvgIpc) is 3.02. The monoisotopic (exact) mass is 658 g/mol. The lowest BCUT2D eigenvalue weighted by molar-refractivity contribution is -0.275. The van der Waals surface area contributed by atoms with E-state index < -0.39 is 47.0 Å². The summed E-state index contributed by atoms with van der Waals surface area (Å²) in [7, 11) is 0. The zero-order valence-electron chi connectivity index (χ0n) is 24.7. The van der Waals surface area contributed by atoms with Crippen molar-refractivity contribution in [3.8, 4) is 45.1 Å². The maximum Gasteiger partial charge on any atom is 0.573 e. The van der Waals surface area contributed by atoms with E-state index in [0.717, 1.165) is 73.7 Å². The third kappa shape index (κ3) is 8.24. The van der Waals surface area contributed by atoms with Gasteiger partial charge in [-0.25, -0.2) is 23.1 Å². The third-order valence-electron chi connectivity index (χ3n) is 7.19. The number of aryl methyl sites for hydroxylation is 1. The first-order valence-corrected chi connectivity index (χ1v) is 14.5. The SMILES string of the molecule is CCCCCc1cnc(-c2ccc(C(F)(F)Oc3ccc(-c4ccc(-c5ccc(OC(F)(F)F)c(F)c5)c(F)c4)c(F)c3)cc2)nc1. The van der Waals surface area contributed by atoms with Crippen LogP contribution in [0.4, 0.5) is 35.1 Å². The molecule has 244 valence electrons. The van der Waals surface area contributed by atoms with Gasteiger partial charge in [0.2, 0.25) is 0 Å². The van der Waals surface area contributed by atoms with Crippen molar-refractivity contribution in [1.82, 2.24) is 9.97 Å². The fourth-order valence-electron chi connectivity index (χ4n) is 4.82. The minimum Gasteiger partial charge on any atom is -0.429 e. The highest BCUT2D eigenvalue weighted by Gasteiger charge is 2.35. The number of rotatable bonds is 11. The maximum absolute atomic E-state index is 15.0. The molecule has 0 bridgehead atoms. The van der Waals surface area contributed by atoms with Gasteiger partial charge in [-0.1, -0.05) is 50.1 Å². The van der Waals surface area contributed by atoms with Crippen LogP contribution < -0.4 is 9.47 Å². The number of hydrogen-bond acceptors (Lipinski definition) is 4. The highest BCUT2D eigenvalue weighted by molar-refractivity contribution is 5.72. The Bertz CT molecular complexity index is 1840. The lowest BCUT2D eigenvalue weighted by atomic mass is 9.99. The van der Waals surface area contributed by atoms with Crippen molar-refractivity contribution in [2.24, 2.45) is 0 Å². The van der Waals surface area contributed by atoms with E-state index in [4.69, 9.17) is 4.74 Å². The molecule has 0 radical (unpaired) electrons. The number of hydrogen-bond donors (Lipinski definition) is 0. The molecule has 0 saturated heterocycles. The molecule has 0 aliphatic carbocycles. The van der Waals surface area contributed by atoms with E-state index in [2.05, 4.69) is 21.6 Å². The number of halogens is 8. The van der Waals surface area contributed by atoms with Crippen LogP contribution in [0.15, 0.2) is 91.3 Å². The van der Waals surface area contributed by atoms with Gasteiger partial charge in [0.25, 0.3) is 0 Å². The molecule has 0 saturated carbocycles. The Labute approximate surface area is 264 Å². The third-order valence-corrected chi connectivity index (χ3v) is 7.19. The van der Waals surface area contributed by atoms with Crippen LogP contribution >= 0.6 is 0 Å². The van der Waals surface area contributed by atoms with Crippen molar-refractivity contribution in [2.75, 3.05) is 0 Å². The van der Waals surface area contributed by atoms with Gasteiger partial charge >= 0.3 is 12.5 Å². The summed E-state index contributed by atoms with van der Waals surface area (Å²) in [5.74, 6) is -4.49. The lowest BCUT2D eigenvalue weighted by Gasteiger charge is -2.19. The second kappa shape index (κ2) is 13.8. The fourth-order valence-corrected chi connectivity index (χ4v) is 4.82. The fraction of sp³-hybridized carbons (Fsp3) is 0.200. The topological polar surface area (TPSA) is 44.2 Å². The summed E-state index contributed by atoms with van der Waals surface area (Å²) in [5.41, 5.74) is 0.623. The Balaban J connectivity index is 1.27. The van der Waals surface area contributed by atoms with Crippen LogP contribution in [-0.2, 0) is 12.5 Å². The Morgan fingerprint density at radius 3 is 1.77 bits per heavy atom. The van der Waals surface area contributed by atoms with E-state index in [1.54, 1.807) is 12.4 Å². The molecule has 0 aliphatic heterocycles. The van der Waals surface area contributed by atoms with Crippen molar-refractivity contribution in [3.63, 3.8) is 0 Å². The lowest BCUT2D eigenvalue weighted by Crippen LogP contribution is -2.21. The van der Waals surface area contributed by atoms with Crippen LogP contribution in [0.1, 0.15) is 37.3 Å². The summed E-state index contributed by atoms with van der Waals surface area (Å²) in [6, 6.07) is 13.9. The number of nitrogens with zero attached hydrogens (tertiary/aromatic N) is 2. The zero-order chi connectivity index (χ0) is 33.8. The highest BCUT2D eigenvalue weighted by atomic mass is 19.4. The van der Waals surface area contributed by atoms with E-state index >= 15 is 13.2 Å². The van der Waals surface area contributed by atoms with Crippen molar-refractivity contribution in [3.05, 3.63) is 120 Å². The molecule has 5 rings (SSSR count). The Morgan fingerprint density at radius 1 is 0.617 bits per heavy atom. The normalized spacial score (nSPS) is 11.9. The van der Waals surface area contributed by atoms with E-state index in [9.17, 15) is 22.0 Å². The molecular weight excluding hydrogens is 632 g/mol. The summed E-state index contributed by atoms with van der Waals surface area (Å²) in [6.07, 6.45) is -1.44. The van der Waals surface area contributed by atoms with Crippen LogP contribution in [0.2, 0.25) is 0 Å². The Kier molecular flexibility index (Phi) is 9.78. The molecule has 0 atom stereocenters. The van der Waals surface area contributed by atoms with Gasteiger partial charge in [0.15, 0.2) is 17.4 Å². The predicted octanol–water partition coefficient (Wildman–Crippen LogP) is 10.7. The molecule has 12 heteroatoms. The molecular formula is C35H26F8N2O2. The van der Waals surface area contributed by atoms with Gasteiger partial charge in [-0.05, 0) is 72.0 Å². The van der Waals surface area contributed by atoms with Gasteiger partial charge in [0, 0.05) is 35.2 Å². The first-order valence-electron chi connectivity index (χ1n) is 14.5. The highest BCUT2D eigenvalue weighted by Crippen LogP contribution is 2.36. The molecule has 0 fully saturated rings. The number of benzene rings is 4. The molecule has 0 spiro atoms. The maximum atomic E-state index is 15.0. The predicted molar refractivity (Wildman–Crippen MR) is 159 cm³/mol. The van der Waals surface area contributed by atoms with E-state index in [1.807, 2.05) is 0 Å². The molecule has 0 unspecified atom stereocenters. The van der Waals surface area contributed by atoms with Crippen LogP contribution in [0.25, 0.3) is 33.6 Å². The van der Waals surface area contributed by atoms with Crippen LogP contribution in [0.3, 0.4) is 0 Å². The summed E-state index contributed by atoms with van der Waals surface area (Å²) in [5, 5.41) is 0. The standard InChI is InChI=1S/C35H26F8N2O2/c1-2-3-4-5-21-19-44-33(45-20-21)22-6-10-25(11-7-22)34(39,40)46-26-12-14-28(30(37)18-26)23-8-13-27(29(36)16-23)24-9-15-32(31(38)17-24)47-35(41,42)43/h6-20H,2-5H2,1H3. The smallest absolute Gasteiger partial charge is 0.429 e. The molecule has 1 aromatic heterocycles. The van der Waals surface area contributed by atoms with E-state index in [1.165, 1.54) is 24.3 Å². The molecule has 4 aromatic carbocycles. The molecule has 1 heterocycles. The number of ether oxygens (including phenoxy) is 2. The number of unbranched alkanes of at least 4 members (excludes halogenated alkanes) is 2. The largest absolute Gasteiger partial charge is 0.573 e. The first-order chi connectivity index (χ1) is 22.3. The number of aromatic nitrogens is 2. The molecule has 0 amide bonds. The summed E-state index contributed by atoms with van der Waals surface area (Å²) in [4.78, 5) is 8.65. The van der Waals surface area contributed by atoms with Crippen LogP contribution in [0, 0.1) is 17.5 Å². The van der Waals surface area contributed by atoms with Crippen molar-refractivity contribution < 1.29 is 44.6 Å². The molecule has 5 aromatic rings. The second-order valence-corrected chi connectivity index (χ2v) is 10.6. The van der Waals surface area contributed by atoms with Gasteiger partial charge in [-0.2, -0.15) is 8.78 Å². The van der Waals surface area contributed by atoms with Crippen LogP contribution in [0.5, 0.6) is 11.5 Å². The minimum atomic E-state index is -5.11. The van der Waals surface area contributed by atoms with Crippen molar-refractivity contribution >= 4 is 0 Å². The first kappa shape index (κ1) is 33.4. The molecule has 0 N–H and O–H groups in total. The van der Waals surface area contributed by atoms with Gasteiger partial charge in [-0.15, -0.1) is 13.2 Å². The van der Waals surface area contributed by atoms with E-state index in [-0.39, 0.29) is 22.3 Å². The van der Waals surface area contributed by atoms with Gasteiger partial charge in [-0.3, -0.25) is 0 Å². The molecule has 47 heavy (non-hydrogen) atoms. The van der Waals surface area contributed by atoms with E-state index in [0.29, 0.717) is 23.5 Å². The van der Waals surface area contributed by atoms with Gasteiger partial charge in [0.05, 0.1) is 5.56 Å². The summed E-state index contributed by atoms with van der Waals surface area (Å²) < 4.78 is 120. The quantitative estimate of drug-likeness (QED) is 0.105. The average molecular weight is 659 g/mol. The Hall–Kier alpha value is -5.00. The zero-order valence-corrected chi connectivity index (χ0v) is 24.7. The van der Waals surface area contributed by atoms with Gasteiger partial charge in [0.1, 0.15) is 17.4 Å². The molecule has 4 nitrogen and oxygen atoms in total. The van der Waals surface area contributed by atoms with Crippen molar-refractivity contribution in [2.45, 2.75) is 45.1 Å². The van der Waals surface area contributed by atoms with Crippen LogP contribution in [-0.4, -0.2) is 16.3 Å². The summed E-state index contributed by atoms with van der Waals surface area (Å²) >= 11 is 0. The Morgan fingerprint density at radius 2 is 1.19 bits per heavy atom. The second-order valence-electron chi connectivity index (χ2n) is 10.6. The molecule has 0 aliphatic rings. The minimum absolute atomic E-state index is 0.0198. The van der Waals surface area contributed by atoms with Gasteiger partial charge < -0.3 is 9.47 Å². The van der Waals surface area contributed by atoms with Crippen molar-refractivity contribution in [1.29, 1.82) is 0 Å². The summed E-state index contributed by atoms with van der Waals surface area (Å²) in [6.45, 7) is 2.11. The number of alkyl halides is 5.